The number of nitrogens with two attached hydrogens (primary N) is 1. The van der Waals surface area contributed by atoms with E-state index in [1.165, 1.54) is 23.4 Å². The van der Waals surface area contributed by atoms with Gasteiger partial charge in [-0.2, -0.15) is 4.31 Å². The molecule has 1 fully saturated rings. The van der Waals surface area contributed by atoms with Crippen LogP contribution in [-0.4, -0.2) is 25.3 Å². The lowest BCUT2D eigenvalue weighted by molar-refractivity contribution is 0.239. The van der Waals surface area contributed by atoms with Crippen molar-refractivity contribution in [3.63, 3.8) is 0 Å². The normalized spacial score (nSPS) is 20.6. The largest absolute Gasteiger partial charge is 0.399 e. The van der Waals surface area contributed by atoms with E-state index in [2.05, 4.69) is 0 Å². The maximum Gasteiger partial charge on any atom is 0.246 e. The van der Waals surface area contributed by atoms with Gasteiger partial charge < -0.3 is 5.73 Å². The summed E-state index contributed by atoms with van der Waals surface area (Å²) < 4.78 is 41.4. The maximum absolute atomic E-state index is 14.3. The van der Waals surface area contributed by atoms with Gasteiger partial charge in [0.05, 0.1) is 0 Å². The van der Waals surface area contributed by atoms with E-state index in [1.54, 1.807) is 0 Å². The fourth-order valence-corrected chi connectivity index (χ4v) is 4.89. The summed E-state index contributed by atoms with van der Waals surface area (Å²) in [7, 11) is -3.83. The predicted octanol–water partition coefficient (Wildman–Crippen LogP) is 3.06. The van der Waals surface area contributed by atoms with Crippen LogP contribution in [0.15, 0.2) is 17.0 Å². The van der Waals surface area contributed by atoms with Crippen molar-refractivity contribution in [2.45, 2.75) is 56.9 Å². The van der Waals surface area contributed by atoms with Gasteiger partial charge in [0.15, 0.2) is 0 Å². The first kappa shape index (κ1) is 16.2. The van der Waals surface area contributed by atoms with E-state index >= 15 is 0 Å². The van der Waals surface area contributed by atoms with Gasteiger partial charge in [0.1, 0.15) is 10.7 Å². The highest BCUT2D eigenvalue weighted by atomic mass is 32.2. The Kier molecular flexibility index (Phi) is 4.88. The summed E-state index contributed by atoms with van der Waals surface area (Å²) in [4.78, 5) is -0.289. The number of nitrogens with zero attached hydrogens (tertiary/aromatic N) is 1. The zero-order valence-electron chi connectivity index (χ0n) is 12.6. The van der Waals surface area contributed by atoms with Crippen LogP contribution >= 0.6 is 0 Å². The third-order valence-corrected chi connectivity index (χ3v) is 5.98. The zero-order chi connectivity index (χ0) is 15.6. The number of piperidine rings is 1. The first-order valence-corrected chi connectivity index (χ1v) is 8.89. The van der Waals surface area contributed by atoms with Crippen LogP contribution in [0.4, 0.5) is 10.1 Å². The Morgan fingerprint density at radius 2 is 2.10 bits per heavy atom. The lowest BCUT2D eigenvalue weighted by atomic mass is 10.0. The molecule has 1 aliphatic rings. The van der Waals surface area contributed by atoms with Gasteiger partial charge >= 0.3 is 0 Å². The van der Waals surface area contributed by atoms with E-state index in [4.69, 9.17) is 5.73 Å². The first-order chi connectivity index (χ1) is 9.87. The van der Waals surface area contributed by atoms with Crippen LogP contribution in [0, 0.1) is 12.7 Å². The lowest BCUT2D eigenvalue weighted by Crippen LogP contribution is -2.43. The van der Waals surface area contributed by atoms with E-state index in [0.29, 0.717) is 6.54 Å². The van der Waals surface area contributed by atoms with E-state index in [0.717, 1.165) is 32.1 Å². The molecule has 21 heavy (non-hydrogen) atoms. The smallest absolute Gasteiger partial charge is 0.246 e. The average molecular weight is 314 g/mol. The molecular formula is C15H23FN2O2S. The Morgan fingerprint density at radius 1 is 1.38 bits per heavy atom. The Balaban J connectivity index is 2.45. The third-order valence-electron chi connectivity index (χ3n) is 4.03. The molecule has 0 aliphatic carbocycles. The van der Waals surface area contributed by atoms with Crippen molar-refractivity contribution in [2.75, 3.05) is 12.3 Å². The van der Waals surface area contributed by atoms with Gasteiger partial charge in [0, 0.05) is 18.3 Å². The molecule has 1 saturated heterocycles. The van der Waals surface area contributed by atoms with E-state index in [1.807, 2.05) is 6.92 Å². The second-order valence-corrected chi connectivity index (χ2v) is 7.56. The summed E-state index contributed by atoms with van der Waals surface area (Å²) in [5, 5.41) is 0. The molecule has 118 valence electrons. The van der Waals surface area contributed by atoms with E-state index in [9.17, 15) is 12.8 Å². The van der Waals surface area contributed by atoms with Crippen LogP contribution in [0.25, 0.3) is 0 Å². The second kappa shape index (κ2) is 6.32. The molecule has 1 heterocycles. The van der Waals surface area contributed by atoms with Gasteiger partial charge in [-0.15, -0.1) is 0 Å². The average Bonchev–Trinajstić information content (AvgIpc) is 2.43. The van der Waals surface area contributed by atoms with Crippen molar-refractivity contribution >= 4 is 15.7 Å². The van der Waals surface area contributed by atoms with Crippen molar-refractivity contribution in [1.82, 2.24) is 4.31 Å². The highest BCUT2D eigenvalue weighted by Crippen LogP contribution is 2.30. The molecule has 2 rings (SSSR count). The SMILES string of the molecule is CCCC1CCCCN1S(=O)(=O)c1cc(N)cc(C)c1F. The molecule has 0 amide bonds. The number of anilines is 1. The molecule has 0 aromatic heterocycles. The molecule has 0 bridgehead atoms. The molecule has 0 saturated carbocycles. The molecule has 1 atom stereocenters. The first-order valence-electron chi connectivity index (χ1n) is 7.45. The van der Waals surface area contributed by atoms with Crippen molar-refractivity contribution in [1.29, 1.82) is 0 Å². The van der Waals surface area contributed by atoms with Crippen LogP contribution < -0.4 is 5.73 Å². The fraction of sp³-hybridized carbons (Fsp3) is 0.600. The van der Waals surface area contributed by atoms with E-state index < -0.39 is 15.8 Å². The molecular weight excluding hydrogens is 291 g/mol. The Morgan fingerprint density at radius 3 is 2.76 bits per heavy atom. The highest BCUT2D eigenvalue weighted by Gasteiger charge is 2.35. The minimum Gasteiger partial charge on any atom is -0.399 e. The van der Waals surface area contributed by atoms with Crippen LogP contribution in [0.5, 0.6) is 0 Å². The molecule has 1 aromatic rings. The number of hydrogen-bond donors (Lipinski definition) is 1. The number of halogens is 1. The van der Waals surface area contributed by atoms with Gasteiger partial charge in [-0.05, 0) is 43.9 Å². The molecule has 4 nitrogen and oxygen atoms in total. The quantitative estimate of drug-likeness (QED) is 0.869. The highest BCUT2D eigenvalue weighted by molar-refractivity contribution is 7.89. The number of rotatable bonds is 4. The summed E-state index contributed by atoms with van der Waals surface area (Å²) >= 11 is 0. The molecule has 0 spiro atoms. The number of hydrogen-bond acceptors (Lipinski definition) is 3. The van der Waals surface area contributed by atoms with Gasteiger partial charge in [0.25, 0.3) is 0 Å². The number of nitrogen functional groups attached to an aromatic ring is 1. The van der Waals surface area contributed by atoms with Crippen LogP contribution in [0.1, 0.15) is 44.6 Å². The summed E-state index contributed by atoms with van der Waals surface area (Å²) in [5.41, 5.74) is 6.23. The number of benzene rings is 1. The molecule has 1 aliphatic heterocycles. The van der Waals surface area contributed by atoms with Gasteiger partial charge in [-0.25, -0.2) is 12.8 Å². The van der Waals surface area contributed by atoms with Crippen LogP contribution in [0.2, 0.25) is 0 Å². The van der Waals surface area contributed by atoms with Gasteiger partial charge in [0.2, 0.25) is 10.0 Å². The summed E-state index contributed by atoms with van der Waals surface area (Å²) in [5.74, 6) is -0.690. The minimum atomic E-state index is -3.83. The Bertz CT molecular complexity index is 614. The Hall–Kier alpha value is -1.14. The van der Waals surface area contributed by atoms with E-state index in [-0.39, 0.29) is 22.2 Å². The molecule has 2 N–H and O–H groups in total. The lowest BCUT2D eigenvalue weighted by Gasteiger charge is -2.34. The Labute approximate surface area is 126 Å². The van der Waals surface area contributed by atoms with Crippen molar-refractivity contribution in [2.24, 2.45) is 0 Å². The van der Waals surface area contributed by atoms with Crippen molar-refractivity contribution in [3.8, 4) is 0 Å². The van der Waals surface area contributed by atoms with Gasteiger partial charge in [-0.1, -0.05) is 19.8 Å². The second-order valence-electron chi connectivity index (χ2n) is 5.70. The standard InChI is InChI=1S/C15H23FN2O2S/c1-3-6-13-7-4-5-8-18(13)21(19,20)14-10-12(17)9-11(2)15(14)16/h9-10,13H,3-8,17H2,1-2H3. The molecule has 0 radical (unpaired) electrons. The zero-order valence-corrected chi connectivity index (χ0v) is 13.4. The van der Waals surface area contributed by atoms with Crippen molar-refractivity contribution in [3.05, 3.63) is 23.5 Å². The fourth-order valence-electron chi connectivity index (χ4n) is 2.99. The third kappa shape index (κ3) is 3.21. The topological polar surface area (TPSA) is 63.4 Å². The van der Waals surface area contributed by atoms with Gasteiger partial charge in [-0.3, -0.25) is 0 Å². The van der Waals surface area contributed by atoms with Crippen LogP contribution in [-0.2, 0) is 10.0 Å². The van der Waals surface area contributed by atoms with Crippen molar-refractivity contribution < 1.29 is 12.8 Å². The molecule has 6 heteroatoms. The number of aryl methyl sites for hydroxylation is 1. The summed E-state index contributed by atoms with van der Waals surface area (Å²) in [6, 6.07) is 2.65. The molecule has 1 aromatic carbocycles. The summed E-state index contributed by atoms with van der Waals surface area (Å²) in [6.45, 7) is 4.02. The molecule has 1 unspecified atom stereocenters. The minimum absolute atomic E-state index is 0.0325. The predicted molar refractivity (Wildman–Crippen MR) is 82.0 cm³/mol. The summed E-state index contributed by atoms with van der Waals surface area (Å²) in [6.07, 6.45) is 4.41. The van der Waals surface area contributed by atoms with Crippen LogP contribution in [0.3, 0.4) is 0 Å². The maximum atomic E-state index is 14.3. The number of sulfonamides is 1. The monoisotopic (exact) mass is 314 g/mol.